The Morgan fingerprint density at radius 1 is 1.23 bits per heavy atom. The Kier molecular flexibility index (Phi) is 6.06. The Labute approximate surface area is 179 Å². The number of carbonyl (C=O) groups excluding carboxylic acids is 2. The quantitative estimate of drug-likeness (QED) is 0.406. The van der Waals surface area contributed by atoms with Gasteiger partial charge >= 0.3 is 5.97 Å². The van der Waals surface area contributed by atoms with Crippen molar-refractivity contribution < 1.29 is 24.2 Å². The zero-order chi connectivity index (χ0) is 22.9. The summed E-state index contributed by atoms with van der Waals surface area (Å²) < 4.78 is 10.6. The number of hydrogen-bond donors (Lipinski definition) is 2. The summed E-state index contributed by atoms with van der Waals surface area (Å²) in [5, 5.41) is 13.4. The summed E-state index contributed by atoms with van der Waals surface area (Å²) in [7, 11) is 0. The van der Waals surface area contributed by atoms with Crippen molar-refractivity contribution in [1.29, 1.82) is 0 Å². The van der Waals surface area contributed by atoms with E-state index in [-0.39, 0.29) is 29.3 Å². The van der Waals surface area contributed by atoms with Gasteiger partial charge in [0.2, 0.25) is 0 Å². The lowest BCUT2D eigenvalue weighted by molar-refractivity contribution is -0.159. The molecule has 1 heterocycles. The average molecular weight is 430 g/mol. The van der Waals surface area contributed by atoms with Crippen LogP contribution in [-0.4, -0.2) is 46.7 Å². The summed E-state index contributed by atoms with van der Waals surface area (Å²) in [6, 6.07) is 3.69. The highest BCUT2D eigenvalue weighted by Crippen LogP contribution is 2.34. The molecular formula is C22H26N2O7. The Morgan fingerprint density at radius 3 is 2.58 bits per heavy atom. The molecule has 0 aliphatic carbocycles. The number of nitrogens with one attached hydrogen (secondary N) is 1. The standard InChI is InChI=1S/C22H26N2O7/c1-5-30-19-15(17(26)18(19)27)23-13-9-6-8-12(16(13)25)20(28)24-11-7-10-14(24)21(29)31-22(2,3)4/h6,8-9,14,23,25H,5,7,10-11H2,1-4H3. The fourth-order valence-electron chi connectivity index (χ4n) is 3.50. The molecule has 1 amide bonds. The largest absolute Gasteiger partial charge is 0.505 e. The number of likely N-dealkylation sites (tertiary alicyclic amines) is 1. The molecule has 166 valence electrons. The van der Waals surface area contributed by atoms with Gasteiger partial charge in [-0.2, -0.15) is 0 Å². The molecule has 3 rings (SSSR count). The first kappa shape index (κ1) is 22.3. The molecule has 31 heavy (non-hydrogen) atoms. The molecular weight excluding hydrogens is 404 g/mol. The van der Waals surface area contributed by atoms with Crippen molar-refractivity contribution in [2.24, 2.45) is 0 Å². The lowest BCUT2D eigenvalue weighted by atomic mass is 10.1. The van der Waals surface area contributed by atoms with Crippen molar-refractivity contribution in [3.63, 3.8) is 0 Å². The Hall–Kier alpha value is -3.36. The number of phenols is 1. The van der Waals surface area contributed by atoms with Crippen LogP contribution < -0.4 is 20.9 Å². The Balaban J connectivity index is 1.85. The van der Waals surface area contributed by atoms with E-state index < -0.39 is 40.1 Å². The number of anilines is 2. The van der Waals surface area contributed by atoms with Crippen LogP contribution in [0, 0.1) is 0 Å². The van der Waals surface area contributed by atoms with E-state index in [9.17, 15) is 24.3 Å². The summed E-state index contributed by atoms with van der Waals surface area (Å²) >= 11 is 0. The van der Waals surface area contributed by atoms with Gasteiger partial charge in [-0.15, -0.1) is 0 Å². The van der Waals surface area contributed by atoms with E-state index in [2.05, 4.69) is 5.32 Å². The summed E-state index contributed by atoms with van der Waals surface area (Å²) in [6.07, 6.45) is 1.11. The van der Waals surface area contributed by atoms with Crippen molar-refractivity contribution in [2.75, 3.05) is 18.5 Å². The van der Waals surface area contributed by atoms with Crippen LogP contribution in [0.5, 0.6) is 11.5 Å². The molecule has 1 fully saturated rings. The number of carbonyl (C=O) groups is 2. The Morgan fingerprint density at radius 2 is 1.94 bits per heavy atom. The molecule has 2 aromatic carbocycles. The molecule has 9 nitrogen and oxygen atoms in total. The van der Waals surface area contributed by atoms with E-state index in [0.29, 0.717) is 19.4 Å². The molecule has 1 saturated heterocycles. The summed E-state index contributed by atoms with van der Waals surface area (Å²) in [6.45, 7) is 7.49. The minimum Gasteiger partial charge on any atom is -0.505 e. The highest BCUT2D eigenvalue weighted by molar-refractivity contribution is 6.01. The van der Waals surface area contributed by atoms with E-state index in [1.54, 1.807) is 27.7 Å². The van der Waals surface area contributed by atoms with Gasteiger partial charge in [-0.25, -0.2) is 4.79 Å². The van der Waals surface area contributed by atoms with Crippen LogP contribution in [0.15, 0.2) is 27.8 Å². The predicted octanol–water partition coefficient (Wildman–Crippen LogP) is 2.08. The zero-order valence-electron chi connectivity index (χ0n) is 18.0. The minimum absolute atomic E-state index is 0.0304. The lowest BCUT2D eigenvalue weighted by Crippen LogP contribution is -2.43. The van der Waals surface area contributed by atoms with Crippen molar-refractivity contribution in [1.82, 2.24) is 4.90 Å². The van der Waals surface area contributed by atoms with Gasteiger partial charge in [0.25, 0.3) is 16.8 Å². The first-order chi connectivity index (χ1) is 14.5. The van der Waals surface area contributed by atoms with Crippen molar-refractivity contribution in [3.05, 3.63) is 44.2 Å². The number of esters is 1. The smallest absolute Gasteiger partial charge is 0.329 e. The molecule has 0 aromatic heterocycles. The summed E-state index contributed by atoms with van der Waals surface area (Å²) in [5.74, 6) is -1.51. The van der Waals surface area contributed by atoms with Crippen LogP contribution in [0.3, 0.4) is 0 Å². The van der Waals surface area contributed by atoms with Gasteiger partial charge < -0.3 is 24.8 Å². The summed E-state index contributed by atoms with van der Waals surface area (Å²) in [5.41, 5.74) is -2.21. The minimum atomic E-state index is -0.760. The predicted molar refractivity (Wildman–Crippen MR) is 114 cm³/mol. The van der Waals surface area contributed by atoms with E-state index in [4.69, 9.17) is 9.47 Å². The fraction of sp³-hybridized carbons (Fsp3) is 0.455. The average Bonchev–Trinajstić information content (AvgIpc) is 3.19. The van der Waals surface area contributed by atoms with Gasteiger partial charge in [0.1, 0.15) is 17.3 Å². The number of ether oxygens (including phenoxy) is 2. The molecule has 0 saturated carbocycles. The van der Waals surface area contributed by atoms with Crippen molar-refractivity contribution in [3.8, 4) is 11.5 Å². The molecule has 2 aromatic rings. The van der Waals surface area contributed by atoms with E-state index in [0.717, 1.165) is 0 Å². The fourth-order valence-corrected chi connectivity index (χ4v) is 3.50. The second kappa shape index (κ2) is 8.41. The number of rotatable bonds is 6. The Bertz CT molecular complexity index is 1080. The zero-order valence-corrected chi connectivity index (χ0v) is 18.0. The normalized spacial score (nSPS) is 16.4. The molecule has 1 atom stereocenters. The third-order valence-electron chi connectivity index (χ3n) is 4.87. The first-order valence-corrected chi connectivity index (χ1v) is 10.1. The number of phenolic OH excluding ortho intramolecular Hbond substituents is 1. The van der Waals surface area contributed by atoms with Gasteiger partial charge in [-0.3, -0.25) is 14.4 Å². The van der Waals surface area contributed by atoms with Gasteiger partial charge in [0.05, 0.1) is 17.9 Å². The number of benzene rings is 1. The molecule has 0 bridgehead atoms. The van der Waals surface area contributed by atoms with Gasteiger partial charge in [0.15, 0.2) is 11.5 Å². The first-order valence-electron chi connectivity index (χ1n) is 10.1. The second-order valence-electron chi connectivity index (χ2n) is 8.31. The monoisotopic (exact) mass is 430 g/mol. The maximum Gasteiger partial charge on any atom is 0.329 e. The molecule has 9 heteroatoms. The van der Waals surface area contributed by atoms with Crippen LogP contribution in [-0.2, 0) is 9.53 Å². The summed E-state index contributed by atoms with van der Waals surface area (Å²) in [4.78, 5) is 50.6. The van der Waals surface area contributed by atoms with Gasteiger partial charge in [-0.05, 0) is 52.7 Å². The van der Waals surface area contributed by atoms with E-state index in [1.807, 2.05) is 0 Å². The number of aromatic hydroxyl groups is 1. The molecule has 0 spiro atoms. The molecule has 1 unspecified atom stereocenters. The van der Waals surface area contributed by atoms with Crippen molar-refractivity contribution in [2.45, 2.75) is 52.2 Å². The van der Waals surface area contributed by atoms with Crippen LogP contribution in [0.25, 0.3) is 0 Å². The van der Waals surface area contributed by atoms with Crippen LogP contribution >= 0.6 is 0 Å². The van der Waals surface area contributed by atoms with Gasteiger partial charge in [-0.1, -0.05) is 6.07 Å². The number of amides is 1. The molecule has 2 N–H and O–H groups in total. The maximum absolute atomic E-state index is 13.1. The number of hydrogen-bond acceptors (Lipinski definition) is 8. The third-order valence-corrected chi connectivity index (χ3v) is 4.87. The molecule has 1 aliphatic heterocycles. The van der Waals surface area contributed by atoms with E-state index >= 15 is 0 Å². The third kappa shape index (κ3) is 4.40. The van der Waals surface area contributed by atoms with E-state index in [1.165, 1.54) is 23.1 Å². The van der Waals surface area contributed by atoms with Crippen molar-refractivity contribution >= 4 is 23.3 Å². The second-order valence-corrected chi connectivity index (χ2v) is 8.31. The number of para-hydroxylation sites is 1. The maximum atomic E-state index is 13.1. The number of nitrogens with zero attached hydrogens (tertiary/aromatic N) is 1. The molecule has 1 aliphatic rings. The lowest BCUT2D eigenvalue weighted by Gasteiger charge is -2.27. The van der Waals surface area contributed by atoms with Crippen LogP contribution in [0.1, 0.15) is 50.9 Å². The highest BCUT2D eigenvalue weighted by atomic mass is 16.6. The SMILES string of the molecule is CCOc1c(Nc2cccc(C(=O)N3CCCC3C(=O)OC(C)(C)C)c2O)c(=O)c1=O. The van der Waals surface area contributed by atoms with Crippen LogP contribution in [0.2, 0.25) is 0 Å². The van der Waals surface area contributed by atoms with Gasteiger partial charge in [0, 0.05) is 6.54 Å². The van der Waals surface area contributed by atoms with Crippen LogP contribution in [0.4, 0.5) is 11.4 Å². The topological polar surface area (TPSA) is 122 Å². The molecule has 0 radical (unpaired) electrons. The highest BCUT2D eigenvalue weighted by Gasteiger charge is 2.38.